The number of hydrogen-bond donors (Lipinski definition) is 2. The van der Waals surface area contributed by atoms with Gasteiger partial charge in [-0.25, -0.2) is 9.78 Å². The lowest BCUT2D eigenvalue weighted by Gasteiger charge is -2.39. The minimum absolute atomic E-state index is 0.0141. The van der Waals surface area contributed by atoms with Crippen LogP contribution < -0.4 is 5.32 Å². The second-order valence-corrected chi connectivity index (χ2v) is 9.52. The summed E-state index contributed by atoms with van der Waals surface area (Å²) in [5.74, 6) is -0.853. The Hall–Kier alpha value is -3.16. The van der Waals surface area contributed by atoms with E-state index in [-0.39, 0.29) is 74.2 Å². The molecule has 36 heavy (non-hydrogen) atoms. The van der Waals surface area contributed by atoms with E-state index in [0.717, 1.165) is 4.90 Å². The van der Waals surface area contributed by atoms with Crippen molar-refractivity contribution in [3.05, 3.63) is 45.4 Å². The predicted molar refractivity (Wildman–Crippen MR) is 132 cm³/mol. The molecule has 2 N–H and O–H groups in total. The van der Waals surface area contributed by atoms with Gasteiger partial charge < -0.3 is 29.5 Å². The van der Waals surface area contributed by atoms with Crippen LogP contribution in [0.4, 0.5) is 10.5 Å². The van der Waals surface area contributed by atoms with Crippen LogP contribution in [-0.4, -0.2) is 105 Å². The fraction of sp³-hybridized carbons (Fsp3) is 0.409. The van der Waals surface area contributed by atoms with Crippen molar-refractivity contribution in [2.24, 2.45) is 7.05 Å². The van der Waals surface area contributed by atoms with Crippen molar-refractivity contribution in [3.63, 3.8) is 0 Å². The van der Waals surface area contributed by atoms with Crippen molar-refractivity contribution >= 4 is 57.0 Å². The van der Waals surface area contributed by atoms with Crippen molar-refractivity contribution in [2.45, 2.75) is 6.04 Å². The number of benzene rings is 1. The number of nitrogens with zero attached hydrogens (tertiary/aromatic N) is 5. The first kappa shape index (κ1) is 25.9. The summed E-state index contributed by atoms with van der Waals surface area (Å²) in [6.07, 6.45) is 0.356. The fourth-order valence-corrected chi connectivity index (χ4v) is 4.63. The SMILES string of the molecule is Cn1c(Br)cnc1C(=O)Nc1ccc(C(=O)N2CCN(C(=O)[C@@H]3COCCN3C(=O)O)CC2)c(Cl)c1. The number of hydrogen-bond acceptors (Lipinski definition) is 6. The van der Waals surface area contributed by atoms with Crippen LogP contribution in [0.5, 0.6) is 0 Å². The van der Waals surface area contributed by atoms with Crippen LogP contribution in [0.1, 0.15) is 21.0 Å². The molecule has 192 valence electrons. The van der Waals surface area contributed by atoms with Crippen molar-refractivity contribution in [3.8, 4) is 0 Å². The van der Waals surface area contributed by atoms with E-state index in [2.05, 4.69) is 26.2 Å². The average Bonchev–Trinajstić information content (AvgIpc) is 3.21. The molecule has 4 amide bonds. The number of carbonyl (C=O) groups excluding carboxylic acids is 3. The third kappa shape index (κ3) is 5.32. The van der Waals surface area contributed by atoms with E-state index in [4.69, 9.17) is 16.3 Å². The second kappa shape index (κ2) is 10.8. The Morgan fingerprint density at radius 1 is 1.14 bits per heavy atom. The lowest BCUT2D eigenvalue weighted by molar-refractivity contribution is -0.143. The summed E-state index contributed by atoms with van der Waals surface area (Å²) in [4.78, 5) is 58.2. The first-order valence-electron chi connectivity index (χ1n) is 11.1. The minimum Gasteiger partial charge on any atom is -0.465 e. The average molecular weight is 584 g/mol. The monoisotopic (exact) mass is 582 g/mol. The number of aromatic nitrogens is 2. The van der Waals surface area contributed by atoms with Gasteiger partial charge in [0.25, 0.3) is 11.8 Å². The number of anilines is 1. The van der Waals surface area contributed by atoms with Crippen LogP contribution in [-0.2, 0) is 16.6 Å². The lowest BCUT2D eigenvalue weighted by atomic mass is 10.1. The molecule has 0 spiro atoms. The van der Waals surface area contributed by atoms with Gasteiger partial charge in [-0.3, -0.25) is 19.3 Å². The van der Waals surface area contributed by atoms with E-state index in [1.54, 1.807) is 27.5 Å². The Labute approximate surface area is 219 Å². The molecule has 0 radical (unpaired) electrons. The zero-order valence-corrected chi connectivity index (χ0v) is 21.7. The molecule has 2 fully saturated rings. The van der Waals surface area contributed by atoms with Crippen molar-refractivity contribution < 1.29 is 29.0 Å². The smallest absolute Gasteiger partial charge is 0.408 e. The minimum atomic E-state index is -1.16. The van der Waals surface area contributed by atoms with Crippen LogP contribution >= 0.6 is 27.5 Å². The first-order chi connectivity index (χ1) is 17.2. The maximum atomic E-state index is 13.1. The first-order valence-corrected chi connectivity index (χ1v) is 12.3. The number of amides is 4. The van der Waals surface area contributed by atoms with Crippen LogP contribution in [0.25, 0.3) is 0 Å². The standard InChI is InChI=1S/C22H24BrClN6O6/c1-27-17(23)11-25-18(27)19(31)26-13-2-3-14(15(24)10-13)20(32)28-4-6-29(7-5-28)21(33)16-12-36-9-8-30(16)22(34)35/h2-3,10-11,16H,4-9,12H2,1H3,(H,26,31)(H,34,35)/t16-/m0/s1. The number of ether oxygens (including phenoxy) is 1. The summed E-state index contributed by atoms with van der Waals surface area (Å²) in [7, 11) is 1.69. The van der Waals surface area contributed by atoms with Gasteiger partial charge in [0.1, 0.15) is 10.6 Å². The molecule has 0 bridgehead atoms. The molecular formula is C22H24BrClN6O6. The normalized spacial score (nSPS) is 18.2. The maximum absolute atomic E-state index is 13.1. The van der Waals surface area contributed by atoms with Crippen molar-refractivity contribution in [1.29, 1.82) is 0 Å². The Balaban J connectivity index is 1.36. The molecule has 2 aliphatic rings. The number of piperazine rings is 1. The van der Waals surface area contributed by atoms with Gasteiger partial charge in [-0.15, -0.1) is 0 Å². The third-order valence-electron chi connectivity index (χ3n) is 6.13. The topological polar surface area (TPSA) is 137 Å². The molecule has 12 nitrogen and oxygen atoms in total. The van der Waals surface area contributed by atoms with E-state index >= 15 is 0 Å². The van der Waals surface area contributed by atoms with Gasteiger partial charge >= 0.3 is 6.09 Å². The van der Waals surface area contributed by atoms with Gasteiger partial charge in [-0.05, 0) is 34.1 Å². The summed E-state index contributed by atoms with van der Waals surface area (Å²) >= 11 is 9.66. The fourth-order valence-electron chi connectivity index (χ4n) is 4.10. The van der Waals surface area contributed by atoms with Crippen LogP contribution in [0.3, 0.4) is 0 Å². The quantitative estimate of drug-likeness (QED) is 0.559. The molecule has 2 aliphatic heterocycles. The summed E-state index contributed by atoms with van der Waals surface area (Å²) < 4.78 is 7.54. The van der Waals surface area contributed by atoms with Crippen molar-refractivity contribution in [1.82, 2.24) is 24.3 Å². The summed E-state index contributed by atoms with van der Waals surface area (Å²) in [5.41, 5.74) is 0.681. The van der Waals surface area contributed by atoms with Gasteiger partial charge in [0.15, 0.2) is 5.82 Å². The highest BCUT2D eigenvalue weighted by Gasteiger charge is 2.37. The molecule has 1 aromatic heterocycles. The van der Waals surface area contributed by atoms with Crippen molar-refractivity contribution in [2.75, 3.05) is 51.3 Å². The lowest BCUT2D eigenvalue weighted by Crippen LogP contribution is -2.59. The largest absolute Gasteiger partial charge is 0.465 e. The van der Waals surface area contributed by atoms with Gasteiger partial charge in [-0.2, -0.15) is 0 Å². The molecule has 0 aliphatic carbocycles. The number of rotatable bonds is 4. The number of carbonyl (C=O) groups is 4. The maximum Gasteiger partial charge on any atom is 0.408 e. The van der Waals surface area contributed by atoms with Gasteiger partial charge in [0.2, 0.25) is 5.91 Å². The highest BCUT2D eigenvalue weighted by atomic mass is 79.9. The molecular weight excluding hydrogens is 560 g/mol. The number of halogens is 2. The number of nitrogens with one attached hydrogen (secondary N) is 1. The molecule has 0 saturated carbocycles. The zero-order valence-electron chi connectivity index (χ0n) is 19.3. The van der Waals surface area contributed by atoms with Gasteiger partial charge in [-0.1, -0.05) is 11.6 Å². The molecule has 2 aromatic rings. The number of morpholine rings is 1. The van der Waals surface area contributed by atoms with Crippen LogP contribution in [0.15, 0.2) is 29.0 Å². The van der Waals surface area contributed by atoms with Crippen LogP contribution in [0.2, 0.25) is 5.02 Å². The van der Waals surface area contributed by atoms with Crippen LogP contribution in [0, 0.1) is 0 Å². The number of imidazole rings is 1. The second-order valence-electron chi connectivity index (χ2n) is 8.30. The Morgan fingerprint density at radius 2 is 1.83 bits per heavy atom. The predicted octanol–water partition coefficient (Wildman–Crippen LogP) is 1.75. The molecule has 3 heterocycles. The third-order valence-corrected chi connectivity index (χ3v) is 7.18. The van der Waals surface area contributed by atoms with E-state index in [1.165, 1.54) is 18.3 Å². The summed E-state index contributed by atoms with van der Waals surface area (Å²) in [5, 5.41) is 12.2. The van der Waals surface area contributed by atoms with E-state index in [9.17, 15) is 24.3 Å². The van der Waals surface area contributed by atoms with E-state index in [0.29, 0.717) is 10.3 Å². The molecule has 1 aromatic carbocycles. The Kier molecular flexibility index (Phi) is 7.81. The summed E-state index contributed by atoms with van der Waals surface area (Å²) in [6.45, 7) is 1.47. The molecule has 4 rings (SSSR count). The zero-order chi connectivity index (χ0) is 26.0. The molecule has 2 saturated heterocycles. The van der Waals surface area contributed by atoms with E-state index in [1.807, 2.05) is 0 Å². The Bertz CT molecular complexity index is 1200. The highest BCUT2D eigenvalue weighted by Crippen LogP contribution is 2.24. The van der Waals surface area contributed by atoms with Gasteiger partial charge in [0, 0.05) is 45.5 Å². The molecule has 0 unspecified atom stereocenters. The van der Waals surface area contributed by atoms with Gasteiger partial charge in [0.05, 0.1) is 30.0 Å². The molecule has 1 atom stereocenters. The molecule has 14 heteroatoms. The summed E-state index contributed by atoms with van der Waals surface area (Å²) in [6, 6.07) is 3.73. The Morgan fingerprint density at radius 3 is 2.44 bits per heavy atom. The van der Waals surface area contributed by atoms with E-state index < -0.39 is 18.0 Å². The number of carboxylic acid groups (broad SMARTS) is 1. The highest BCUT2D eigenvalue weighted by molar-refractivity contribution is 9.10.